The van der Waals surface area contributed by atoms with Gasteiger partial charge in [0.2, 0.25) is 0 Å². The molecule has 1 heterocycles. The molecule has 4 heteroatoms. The summed E-state index contributed by atoms with van der Waals surface area (Å²) >= 11 is 0. The van der Waals surface area contributed by atoms with Gasteiger partial charge in [-0.25, -0.2) is 4.79 Å². The monoisotopic (exact) mass is 213 g/mol. The lowest BCUT2D eigenvalue weighted by Gasteiger charge is -2.32. The van der Waals surface area contributed by atoms with Crippen LogP contribution in [0, 0.1) is 0 Å². The van der Waals surface area contributed by atoms with E-state index in [-0.39, 0.29) is 11.7 Å². The molecule has 0 saturated carbocycles. The summed E-state index contributed by atoms with van der Waals surface area (Å²) in [6.45, 7) is 8.44. The number of carbonyl (C=O) groups is 1. The molecule has 0 aromatic rings. The van der Waals surface area contributed by atoms with Crippen LogP contribution in [0.25, 0.3) is 0 Å². The quantitative estimate of drug-likeness (QED) is 0.695. The summed E-state index contributed by atoms with van der Waals surface area (Å²) in [5.41, 5.74) is 0.257. The highest BCUT2D eigenvalue weighted by atomic mass is 16.5. The number of rotatable bonds is 5. The van der Waals surface area contributed by atoms with Crippen molar-refractivity contribution in [2.45, 2.75) is 25.9 Å². The van der Waals surface area contributed by atoms with Crippen LogP contribution in [0.3, 0.4) is 0 Å². The van der Waals surface area contributed by atoms with Crippen LogP contribution >= 0.6 is 0 Å². The molecule has 0 aromatic heterocycles. The number of ether oxygens (including phenoxy) is 1. The van der Waals surface area contributed by atoms with E-state index >= 15 is 0 Å². The Morgan fingerprint density at radius 2 is 2.40 bits per heavy atom. The van der Waals surface area contributed by atoms with Crippen molar-refractivity contribution in [1.29, 1.82) is 0 Å². The number of nitrogens with zero attached hydrogens (tertiary/aromatic N) is 1. The van der Waals surface area contributed by atoms with Gasteiger partial charge in [0.25, 0.3) is 0 Å². The predicted octanol–water partition coefficient (Wildman–Crippen LogP) is 1.13. The zero-order chi connectivity index (χ0) is 11.3. The van der Waals surface area contributed by atoms with Crippen molar-refractivity contribution in [3.63, 3.8) is 0 Å². The third-order valence-electron chi connectivity index (χ3n) is 2.58. The maximum atomic E-state index is 10.6. The van der Waals surface area contributed by atoms with Crippen molar-refractivity contribution in [1.82, 2.24) is 4.90 Å². The average Bonchev–Trinajstić information content (AvgIpc) is 2.18. The van der Waals surface area contributed by atoms with Crippen LogP contribution in [0.4, 0.5) is 0 Å². The fourth-order valence-corrected chi connectivity index (χ4v) is 1.87. The lowest BCUT2D eigenvalue weighted by Crippen LogP contribution is -2.41. The fourth-order valence-electron chi connectivity index (χ4n) is 1.87. The molecule has 0 amide bonds. The summed E-state index contributed by atoms with van der Waals surface area (Å²) < 4.78 is 5.54. The van der Waals surface area contributed by atoms with E-state index < -0.39 is 5.97 Å². The molecule has 0 spiro atoms. The summed E-state index contributed by atoms with van der Waals surface area (Å²) in [4.78, 5) is 12.7. The number of aliphatic carboxylic acids is 1. The van der Waals surface area contributed by atoms with Gasteiger partial charge in [-0.15, -0.1) is 0 Å². The number of hydrogen-bond donors (Lipinski definition) is 1. The first-order valence-electron chi connectivity index (χ1n) is 5.38. The first-order chi connectivity index (χ1) is 7.13. The van der Waals surface area contributed by atoms with E-state index in [4.69, 9.17) is 9.84 Å². The van der Waals surface area contributed by atoms with Gasteiger partial charge in [-0.05, 0) is 26.3 Å². The first kappa shape index (κ1) is 12.2. The molecule has 0 radical (unpaired) electrons. The maximum Gasteiger partial charge on any atom is 0.332 e. The van der Waals surface area contributed by atoms with Crippen molar-refractivity contribution in [3.8, 4) is 0 Å². The lowest BCUT2D eigenvalue weighted by atomic mass is 10.1. The Balaban J connectivity index is 2.36. The van der Waals surface area contributed by atoms with Gasteiger partial charge in [0.1, 0.15) is 0 Å². The lowest BCUT2D eigenvalue weighted by molar-refractivity contribution is -0.133. The topological polar surface area (TPSA) is 49.8 Å². The molecule has 15 heavy (non-hydrogen) atoms. The SMILES string of the molecule is C=C(CN1CCCC(OCC)C1)C(=O)O. The molecule has 4 nitrogen and oxygen atoms in total. The number of likely N-dealkylation sites (tertiary alicyclic amines) is 1. The third kappa shape index (κ3) is 4.01. The van der Waals surface area contributed by atoms with Gasteiger partial charge >= 0.3 is 5.97 Å². The van der Waals surface area contributed by atoms with Gasteiger partial charge in [-0.3, -0.25) is 4.90 Å². The Morgan fingerprint density at radius 3 is 3.00 bits per heavy atom. The molecule has 0 bridgehead atoms. The van der Waals surface area contributed by atoms with Gasteiger partial charge in [-0.2, -0.15) is 0 Å². The molecular weight excluding hydrogens is 194 g/mol. The minimum absolute atomic E-state index is 0.255. The largest absolute Gasteiger partial charge is 0.478 e. The van der Waals surface area contributed by atoms with E-state index in [9.17, 15) is 4.79 Å². The van der Waals surface area contributed by atoms with E-state index in [0.717, 1.165) is 32.5 Å². The fraction of sp³-hybridized carbons (Fsp3) is 0.727. The molecule has 1 aliphatic heterocycles. The first-order valence-corrected chi connectivity index (χ1v) is 5.38. The molecule has 1 aliphatic rings. The molecular formula is C11H19NO3. The van der Waals surface area contributed by atoms with E-state index in [1.807, 2.05) is 6.92 Å². The average molecular weight is 213 g/mol. The van der Waals surface area contributed by atoms with Crippen molar-refractivity contribution in [2.75, 3.05) is 26.2 Å². The maximum absolute atomic E-state index is 10.6. The molecule has 0 aliphatic carbocycles. The number of hydrogen-bond acceptors (Lipinski definition) is 3. The van der Waals surface area contributed by atoms with Gasteiger partial charge < -0.3 is 9.84 Å². The number of carboxylic acid groups (broad SMARTS) is 1. The van der Waals surface area contributed by atoms with Gasteiger partial charge in [0, 0.05) is 25.3 Å². The highest BCUT2D eigenvalue weighted by Crippen LogP contribution is 2.14. The van der Waals surface area contributed by atoms with Crippen molar-refractivity contribution >= 4 is 5.97 Å². The van der Waals surface area contributed by atoms with E-state index in [1.54, 1.807) is 0 Å². The van der Waals surface area contributed by atoms with E-state index in [0.29, 0.717) is 6.54 Å². The molecule has 0 aromatic carbocycles. The molecule has 1 unspecified atom stereocenters. The van der Waals surface area contributed by atoms with Crippen LogP contribution in [0.1, 0.15) is 19.8 Å². The molecule has 1 N–H and O–H groups in total. The van der Waals surface area contributed by atoms with E-state index in [2.05, 4.69) is 11.5 Å². The number of carboxylic acids is 1. The summed E-state index contributed by atoms with van der Waals surface area (Å²) in [5.74, 6) is -0.909. The highest BCUT2D eigenvalue weighted by molar-refractivity contribution is 5.86. The Morgan fingerprint density at radius 1 is 1.67 bits per heavy atom. The Labute approximate surface area is 90.5 Å². The standard InChI is InChI=1S/C11H19NO3/c1-3-15-10-5-4-6-12(8-10)7-9(2)11(13)14/h10H,2-8H2,1H3,(H,13,14). The van der Waals surface area contributed by atoms with Gasteiger partial charge in [0.05, 0.1) is 6.10 Å². The molecule has 1 atom stereocenters. The Kier molecular flexibility index (Phi) is 4.78. The van der Waals surface area contributed by atoms with Crippen LogP contribution in [0.15, 0.2) is 12.2 Å². The zero-order valence-electron chi connectivity index (χ0n) is 9.24. The van der Waals surface area contributed by atoms with Crippen molar-refractivity contribution in [2.24, 2.45) is 0 Å². The highest BCUT2D eigenvalue weighted by Gasteiger charge is 2.21. The minimum atomic E-state index is -0.909. The molecule has 86 valence electrons. The van der Waals surface area contributed by atoms with Gasteiger partial charge in [-0.1, -0.05) is 6.58 Å². The smallest absolute Gasteiger partial charge is 0.332 e. The van der Waals surface area contributed by atoms with Crippen LogP contribution in [-0.4, -0.2) is 48.3 Å². The zero-order valence-corrected chi connectivity index (χ0v) is 9.24. The van der Waals surface area contributed by atoms with Crippen LogP contribution in [0.2, 0.25) is 0 Å². The van der Waals surface area contributed by atoms with E-state index in [1.165, 1.54) is 0 Å². The predicted molar refractivity (Wildman–Crippen MR) is 57.9 cm³/mol. The third-order valence-corrected chi connectivity index (χ3v) is 2.58. The summed E-state index contributed by atoms with van der Waals surface area (Å²) in [5, 5.41) is 8.72. The molecule has 1 saturated heterocycles. The van der Waals surface area contributed by atoms with Crippen LogP contribution < -0.4 is 0 Å². The second-order valence-corrected chi connectivity index (χ2v) is 3.86. The van der Waals surface area contributed by atoms with Crippen molar-refractivity contribution < 1.29 is 14.6 Å². The van der Waals surface area contributed by atoms with Crippen molar-refractivity contribution in [3.05, 3.63) is 12.2 Å². The Bertz CT molecular complexity index is 238. The normalized spacial score (nSPS) is 22.6. The summed E-state index contributed by atoms with van der Waals surface area (Å²) in [6, 6.07) is 0. The minimum Gasteiger partial charge on any atom is -0.478 e. The second-order valence-electron chi connectivity index (χ2n) is 3.86. The van der Waals surface area contributed by atoms with Crippen LogP contribution in [0.5, 0.6) is 0 Å². The second kappa shape index (κ2) is 5.88. The van der Waals surface area contributed by atoms with Crippen LogP contribution in [-0.2, 0) is 9.53 Å². The van der Waals surface area contributed by atoms with Gasteiger partial charge in [0.15, 0.2) is 0 Å². The molecule has 1 fully saturated rings. The summed E-state index contributed by atoms with van der Waals surface area (Å²) in [7, 11) is 0. The Hall–Kier alpha value is -0.870. The summed E-state index contributed by atoms with van der Waals surface area (Å²) in [6.07, 6.45) is 2.40. The molecule has 1 rings (SSSR count). The number of piperidine rings is 1.